The minimum absolute atomic E-state index is 0.502. The average Bonchev–Trinajstić information content (AvgIpc) is 2.44. The van der Waals surface area contributed by atoms with E-state index in [0.29, 0.717) is 5.88 Å². The third kappa shape index (κ3) is 1.65. The first-order valence-electron chi connectivity index (χ1n) is 3.74. The van der Waals surface area contributed by atoms with E-state index in [2.05, 4.69) is 40.8 Å². The number of thiophene rings is 1. The number of nitrogen functional groups attached to an aromatic ring is 1. The molecule has 0 fully saturated rings. The van der Waals surface area contributed by atoms with E-state index in [1.54, 1.807) is 11.3 Å². The van der Waals surface area contributed by atoms with Crippen LogP contribution in [0.2, 0.25) is 0 Å². The van der Waals surface area contributed by atoms with Gasteiger partial charge in [-0.15, -0.1) is 22.9 Å². The first kappa shape index (κ1) is 9.55. The Balaban J connectivity index is 2.77. The lowest BCUT2D eigenvalue weighted by molar-refractivity contribution is 1.54. The maximum atomic E-state index is 5.94. The zero-order valence-electron chi connectivity index (χ0n) is 6.68. The van der Waals surface area contributed by atoms with Crippen molar-refractivity contribution >= 4 is 61.3 Å². The van der Waals surface area contributed by atoms with Crippen LogP contribution < -0.4 is 5.73 Å². The number of alkyl halides is 1. The molecule has 68 valence electrons. The summed E-state index contributed by atoms with van der Waals surface area (Å²) in [5.41, 5.74) is 6.78. The van der Waals surface area contributed by atoms with Crippen LogP contribution in [0.5, 0.6) is 0 Å². The van der Waals surface area contributed by atoms with E-state index in [1.807, 2.05) is 0 Å². The minimum Gasteiger partial charge on any atom is -0.397 e. The molecule has 2 rings (SSSR count). The molecule has 13 heavy (non-hydrogen) atoms. The number of fused-ring (bicyclic) bond motifs is 1. The van der Waals surface area contributed by atoms with Crippen molar-refractivity contribution in [3.63, 3.8) is 0 Å². The van der Waals surface area contributed by atoms with E-state index in [-0.39, 0.29) is 0 Å². The van der Waals surface area contributed by atoms with E-state index >= 15 is 0 Å². The van der Waals surface area contributed by atoms with Crippen LogP contribution in [0, 0.1) is 3.57 Å². The fraction of sp³-hybridized carbons (Fsp3) is 0.111. The van der Waals surface area contributed by atoms with Crippen LogP contribution in [0.1, 0.15) is 4.88 Å². The molecule has 0 atom stereocenters. The van der Waals surface area contributed by atoms with Crippen molar-refractivity contribution in [1.29, 1.82) is 0 Å². The van der Waals surface area contributed by atoms with Gasteiger partial charge in [-0.1, -0.05) is 0 Å². The smallest absolute Gasteiger partial charge is 0.0589 e. The Kier molecular flexibility index (Phi) is 2.67. The van der Waals surface area contributed by atoms with Gasteiger partial charge in [0.15, 0.2) is 0 Å². The van der Waals surface area contributed by atoms with Crippen molar-refractivity contribution in [3.8, 4) is 0 Å². The first-order chi connectivity index (χ1) is 6.22. The van der Waals surface area contributed by atoms with Gasteiger partial charge in [-0.25, -0.2) is 0 Å². The van der Waals surface area contributed by atoms with Gasteiger partial charge >= 0.3 is 0 Å². The molecular weight excluding hydrogens is 317 g/mol. The summed E-state index contributed by atoms with van der Waals surface area (Å²) >= 11 is 9.73. The normalized spacial score (nSPS) is 10.9. The number of rotatable bonds is 1. The number of halogens is 2. The van der Waals surface area contributed by atoms with Gasteiger partial charge in [0.25, 0.3) is 0 Å². The van der Waals surface area contributed by atoms with Crippen LogP contribution >= 0.6 is 45.5 Å². The van der Waals surface area contributed by atoms with Gasteiger partial charge in [0, 0.05) is 18.5 Å². The highest BCUT2D eigenvalue weighted by Gasteiger charge is 2.07. The summed E-state index contributed by atoms with van der Waals surface area (Å²) in [5, 5.41) is 1.13. The summed E-state index contributed by atoms with van der Waals surface area (Å²) in [4.78, 5) is 1.07. The summed E-state index contributed by atoms with van der Waals surface area (Å²) in [7, 11) is 0. The SMILES string of the molecule is Nc1c(CCl)sc2ccc(I)cc12. The fourth-order valence-electron chi connectivity index (χ4n) is 1.24. The molecule has 0 saturated carbocycles. The Morgan fingerprint density at radius 2 is 2.23 bits per heavy atom. The van der Waals surface area contributed by atoms with Gasteiger partial charge in [0.1, 0.15) is 0 Å². The van der Waals surface area contributed by atoms with Gasteiger partial charge in [-0.05, 0) is 40.8 Å². The standard InChI is InChI=1S/C9H7ClINS/c10-4-8-9(12)6-3-5(11)1-2-7(6)13-8/h1-3H,4,12H2. The van der Waals surface area contributed by atoms with Crippen molar-refractivity contribution in [2.75, 3.05) is 5.73 Å². The van der Waals surface area contributed by atoms with Crippen LogP contribution in [-0.4, -0.2) is 0 Å². The first-order valence-corrected chi connectivity index (χ1v) is 6.17. The van der Waals surface area contributed by atoms with Gasteiger partial charge in [0.2, 0.25) is 0 Å². The molecule has 0 spiro atoms. The summed E-state index contributed by atoms with van der Waals surface area (Å²) < 4.78 is 2.42. The van der Waals surface area contributed by atoms with Gasteiger partial charge in [-0.3, -0.25) is 0 Å². The van der Waals surface area contributed by atoms with Crippen LogP contribution in [0.25, 0.3) is 10.1 Å². The molecule has 1 aromatic heterocycles. The van der Waals surface area contributed by atoms with Crippen molar-refractivity contribution < 1.29 is 0 Å². The van der Waals surface area contributed by atoms with E-state index < -0.39 is 0 Å². The molecule has 0 bridgehead atoms. The number of hydrogen-bond acceptors (Lipinski definition) is 2. The summed E-state index contributed by atoms with van der Waals surface area (Å²) in [5.74, 6) is 0.502. The van der Waals surface area contributed by atoms with E-state index in [1.165, 1.54) is 8.27 Å². The number of benzene rings is 1. The maximum absolute atomic E-state index is 5.94. The average molecular weight is 324 g/mol. The molecule has 2 aromatic rings. The van der Waals surface area contributed by atoms with Crippen molar-refractivity contribution in [1.82, 2.24) is 0 Å². The molecule has 0 aliphatic carbocycles. The highest BCUT2D eigenvalue weighted by Crippen LogP contribution is 2.35. The highest BCUT2D eigenvalue weighted by molar-refractivity contribution is 14.1. The van der Waals surface area contributed by atoms with Crippen molar-refractivity contribution in [2.24, 2.45) is 0 Å². The Hall–Kier alpha value is -0.000000000000000111. The third-order valence-electron chi connectivity index (χ3n) is 1.89. The largest absolute Gasteiger partial charge is 0.397 e. The lowest BCUT2D eigenvalue weighted by Crippen LogP contribution is -1.85. The lowest BCUT2D eigenvalue weighted by atomic mass is 10.2. The van der Waals surface area contributed by atoms with Crippen LogP contribution in [-0.2, 0) is 5.88 Å². The Bertz CT molecular complexity index is 452. The molecule has 1 heterocycles. The van der Waals surface area contributed by atoms with E-state index in [4.69, 9.17) is 17.3 Å². The predicted molar refractivity (Wildman–Crippen MR) is 68.5 cm³/mol. The minimum atomic E-state index is 0.502. The second kappa shape index (κ2) is 3.63. The van der Waals surface area contributed by atoms with Crippen molar-refractivity contribution in [3.05, 3.63) is 26.6 Å². The molecule has 0 unspecified atom stereocenters. The Morgan fingerprint density at radius 1 is 1.46 bits per heavy atom. The fourth-order valence-corrected chi connectivity index (χ4v) is 2.99. The monoisotopic (exact) mass is 323 g/mol. The molecular formula is C9H7ClINS. The maximum Gasteiger partial charge on any atom is 0.0589 e. The summed E-state index contributed by atoms with van der Waals surface area (Å²) in [6, 6.07) is 6.27. The Labute approximate surface area is 99.0 Å². The van der Waals surface area contributed by atoms with Gasteiger partial charge in [-0.2, -0.15) is 0 Å². The third-order valence-corrected chi connectivity index (χ3v) is 4.17. The quantitative estimate of drug-likeness (QED) is 0.626. The molecule has 4 heteroatoms. The summed E-state index contributed by atoms with van der Waals surface area (Å²) in [6.07, 6.45) is 0. The van der Waals surface area contributed by atoms with Crippen LogP contribution in [0.4, 0.5) is 5.69 Å². The Morgan fingerprint density at radius 3 is 2.92 bits per heavy atom. The predicted octanol–water partition coefficient (Wildman–Crippen LogP) is 3.83. The lowest BCUT2D eigenvalue weighted by Gasteiger charge is -1.93. The van der Waals surface area contributed by atoms with E-state index in [0.717, 1.165) is 16.0 Å². The number of anilines is 1. The number of nitrogens with two attached hydrogens (primary N) is 1. The molecule has 0 aliphatic heterocycles. The second-order valence-corrected chi connectivity index (χ2v) is 5.36. The molecule has 1 nitrogen and oxygen atoms in total. The number of hydrogen-bond donors (Lipinski definition) is 1. The van der Waals surface area contributed by atoms with Gasteiger partial charge < -0.3 is 5.73 Å². The van der Waals surface area contributed by atoms with Gasteiger partial charge in [0.05, 0.1) is 11.6 Å². The molecule has 2 N–H and O–H groups in total. The van der Waals surface area contributed by atoms with Crippen LogP contribution in [0.3, 0.4) is 0 Å². The zero-order valence-corrected chi connectivity index (χ0v) is 10.4. The second-order valence-electron chi connectivity index (χ2n) is 2.71. The molecule has 0 amide bonds. The molecule has 1 aromatic carbocycles. The zero-order chi connectivity index (χ0) is 9.42. The molecule has 0 aliphatic rings. The molecule has 0 radical (unpaired) electrons. The van der Waals surface area contributed by atoms with Crippen molar-refractivity contribution in [2.45, 2.75) is 5.88 Å². The summed E-state index contributed by atoms with van der Waals surface area (Å²) in [6.45, 7) is 0. The topological polar surface area (TPSA) is 26.0 Å². The van der Waals surface area contributed by atoms with E-state index in [9.17, 15) is 0 Å². The van der Waals surface area contributed by atoms with Crippen LogP contribution in [0.15, 0.2) is 18.2 Å². The molecule has 0 saturated heterocycles. The highest BCUT2D eigenvalue weighted by atomic mass is 127.